The van der Waals surface area contributed by atoms with Gasteiger partial charge in [0.2, 0.25) is 0 Å². The molecule has 0 heterocycles. The van der Waals surface area contributed by atoms with Crippen molar-refractivity contribution in [2.75, 3.05) is 6.54 Å². The minimum Gasteiger partial charge on any atom is -0.480 e. The molecule has 1 aromatic rings. The zero-order valence-corrected chi connectivity index (χ0v) is 11.5. The van der Waals surface area contributed by atoms with E-state index in [-0.39, 0.29) is 12.5 Å². The first-order valence-electron chi connectivity index (χ1n) is 6.08. The minimum absolute atomic E-state index is 0.293. The van der Waals surface area contributed by atoms with Gasteiger partial charge < -0.3 is 15.7 Å². The molecule has 5 nitrogen and oxygen atoms in total. The summed E-state index contributed by atoms with van der Waals surface area (Å²) in [6, 6.07) is 6.89. The molecule has 0 aliphatic heterocycles. The zero-order chi connectivity index (χ0) is 14.6. The van der Waals surface area contributed by atoms with Crippen LogP contribution in [0.15, 0.2) is 24.3 Å². The van der Waals surface area contributed by atoms with Gasteiger partial charge in [0.15, 0.2) is 0 Å². The molecule has 0 radical (unpaired) electrons. The summed E-state index contributed by atoms with van der Waals surface area (Å²) in [6.07, 6.45) is 0. The van der Waals surface area contributed by atoms with Crippen LogP contribution >= 0.6 is 0 Å². The lowest BCUT2D eigenvalue weighted by Gasteiger charge is -2.34. The molecule has 0 saturated carbocycles. The maximum Gasteiger partial charge on any atom is 0.323 e. The molecule has 0 atom stereocenters. The summed E-state index contributed by atoms with van der Waals surface area (Å²) < 4.78 is 0. The van der Waals surface area contributed by atoms with Gasteiger partial charge in [0.05, 0.1) is 0 Å². The van der Waals surface area contributed by atoms with E-state index in [4.69, 9.17) is 10.8 Å². The lowest BCUT2D eigenvalue weighted by atomic mass is 10.0. The molecular formula is C14H20N2O3. The molecule has 19 heavy (non-hydrogen) atoms. The van der Waals surface area contributed by atoms with Crippen molar-refractivity contribution in [3.05, 3.63) is 35.4 Å². The van der Waals surface area contributed by atoms with E-state index in [0.29, 0.717) is 12.1 Å². The highest BCUT2D eigenvalue weighted by atomic mass is 16.4. The van der Waals surface area contributed by atoms with Crippen LogP contribution in [-0.2, 0) is 11.3 Å². The Morgan fingerprint density at radius 2 is 1.74 bits per heavy atom. The van der Waals surface area contributed by atoms with Gasteiger partial charge in [-0.2, -0.15) is 0 Å². The molecule has 1 aromatic carbocycles. The SMILES string of the molecule is CC(C)(C)N(CC(=O)O)C(=O)c1ccc(CN)cc1. The Balaban J connectivity index is 3.01. The Kier molecular flexibility index (Phi) is 4.67. The lowest BCUT2D eigenvalue weighted by molar-refractivity contribution is -0.138. The molecular weight excluding hydrogens is 244 g/mol. The Bertz CT molecular complexity index is 461. The summed E-state index contributed by atoms with van der Waals surface area (Å²) in [6.45, 7) is 5.51. The van der Waals surface area contributed by atoms with Gasteiger partial charge in [0, 0.05) is 17.6 Å². The van der Waals surface area contributed by atoms with Crippen LogP contribution in [0.1, 0.15) is 36.7 Å². The second kappa shape index (κ2) is 5.84. The van der Waals surface area contributed by atoms with Crippen molar-refractivity contribution in [2.45, 2.75) is 32.9 Å². The van der Waals surface area contributed by atoms with Crippen molar-refractivity contribution in [1.29, 1.82) is 0 Å². The number of carbonyl (C=O) groups excluding carboxylic acids is 1. The van der Waals surface area contributed by atoms with E-state index < -0.39 is 11.5 Å². The number of benzene rings is 1. The van der Waals surface area contributed by atoms with Crippen molar-refractivity contribution in [2.24, 2.45) is 5.73 Å². The van der Waals surface area contributed by atoms with E-state index in [1.807, 2.05) is 20.8 Å². The predicted octanol–water partition coefficient (Wildman–Crippen LogP) is 1.47. The third-order valence-electron chi connectivity index (χ3n) is 2.78. The zero-order valence-electron chi connectivity index (χ0n) is 11.5. The quantitative estimate of drug-likeness (QED) is 0.862. The average molecular weight is 264 g/mol. The third-order valence-corrected chi connectivity index (χ3v) is 2.78. The van der Waals surface area contributed by atoms with E-state index in [2.05, 4.69) is 0 Å². The van der Waals surface area contributed by atoms with Crippen LogP contribution in [0.25, 0.3) is 0 Å². The molecule has 5 heteroatoms. The standard InChI is InChI=1S/C14H20N2O3/c1-14(2,3)16(9-12(17)18)13(19)11-6-4-10(8-15)5-7-11/h4-7H,8-9,15H2,1-3H3,(H,17,18). The molecule has 0 bridgehead atoms. The highest BCUT2D eigenvalue weighted by Crippen LogP contribution is 2.17. The summed E-state index contributed by atoms with van der Waals surface area (Å²) in [5, 5.41) is 8.91. The monoisotopic (exact) mass is 264 g/mol. The highest BCUT2D eigenvalue weighted by molar-refractivity contribution is 5.96. The molecule has 0 saturated heterocycles. The molecule has 0 fully saturated rings. The van der Waals surface area contributed by atoms with Crippen molar-refractivity contribution in [3.63, 3.8) is 0 Å². The van der Waals surface area contributed by atoms with E-state index in [9.17, 15) is 9.59 Å². The number of carboxylic acid groups (broad SMARTS) is 1. The first-order valence-corrected chi connectivity index (χ1v) is 6.08. The second-order valence-electron chi connectivity index (χ2n) is 5.36. The largest absolute Gasteiger partial charge is 0.480 e. The maximum atomic E-state index is 12.4. The average Bonchev–Trinajstić information content (AvgIpc) is 2.34. The number of nitrogens with two attached hydrogens (primary N) is 1. The molecule has 0 aliphatic carbocycles. The van der Waals surface area contributed by atoms with Crippen molar-refractivity contribution in [1.82, 2.24) is 4.90 Å². The molecule has 0 aliphatic rings. The van der Waals surface area contributed by atoms with E-state index in [0.717, 1.165) is 5.56 Å². The second-order valence-corrected chi connectivity index (χ2v) is 5.36. The number of carboxylic acids is 1. The lowest BCUT2D eigenvalue weighted by Crippen LogP contribution is -2.48. The molecule has 104 valence electrons. The Morgan fingerprint density at radius 1 is 1.21 bits per heavy atom. The van der Waals surface area contributed by atoms with E-state index >= 15 is 0 Å². The van der Waals surface area contributed by atoms with Gasteiger partial charge in [-0.05, 0) is 38.5 Å². The minimum atomic E-state index is -1.03. The molecule has 1 rings (SSSR count). The fraction of sp³-hybridized carbons (Fsp3) is 0.429. The van der Waals surface area contributed by atoms with Crippen LogP contribution in [0.2, 0.25) is 0 Å². The molecule has 0 aromatic heterocycles. The summed E-state index contributed by atoms with van der Waals surface area (Å²) >= 11 is 0. The fourth-order valence-corrected chi connectivity index (χ4v) is 1.69. The molecule has 0 unspecified atom stereocenters. The molecule has 0 spiro atoms. The first kappa shape index (κ1) is 15.2. The van der Waals surface area contributed by atoms with Gasteiger partial charge in [0.1, 0.15) is 6.54 Å². The van der Waals surface area contributed by atoms with Crippen LogP contribution in [0, 0.1) is 0 Å². The van der Waals surface area contributed by atoms with E-state index in [1.54, 1.807) is 24.3 Å². The third kappa shape index (κ3) is 4.06. The van der Waals surface area contributed by atoms with Crippen LogP contribution in [-0.4, -0.2) is 34.0 Å². The number of aliphatic carboxylic acids is 1. The van der Waals surface area contributed by atoms with Gasteiger partial charge in [-0.25, -0.2) is 0 Å². The topological polar surface area (TPSA) is 83.6 Å². The smallest absolute Gasteiger partial charge is 0.323 e. The van der Waals surface area contributed by atoms with Crippen molar-refractivity contribution >= 4 is 11.9 Å². The predicted molar refractivity (Wildman–Crippen MR) is 72.8 cm³/mol. The maximum absolute atomic E-state index is 12.4. The van der Waals surface area contributed by atoms with Gasteiger partial charge in [0.25, 0.3) is 5.91 Å². The fourth-order valence-electron chi connectivity index (χ4n) is 1.69. The number of carbonyl (C=O) groups is 2. The Labute approximate surface area is 113 Å². The number of amides is 1. The number of hydrogen-bond donors (Lipinski definition) is 2. The van der Waals surface area contributed by atoms with Crippen LogP contribution in [0.5, 0.6) is 0 Å². The summed E-state index contributed by atoms with van der Waals surface area (Å²) in [7, 11) is 0. The Hall–Kier alpha value is -1.88. The highest BCUT2D eigenvalue weighted by Gasteiger charge is 2.29. The van der Waals surface area contributed by atoms with Crippen molar-refractivity contribution in [3.8, 4) is 0 Å². The number of rotatable bonds is 4. The van der Waals surface area contributed by atoms with Gasteiger partial charge >= 0.3 is 5.97 Å². The summed E-state index contributed by atoms with van der Waals surface area (Å²) in [5.74, 6) is -1.32. The number of hydrogen-bond acceptors (Lipinski definition) is 3. The van der Waals surface area contributed by atoms with Gasteiger partial charge in [-0.3, -0.25) is 9.59 Å². The number of nitrogens with zero attached hydrogens (tertiary/aromatic N) is 1. The van der Waals surface area contributed by atoms with Crippen LogP contribution in [0.4, 0.5) is 0 Å². The van der Waals surface area contributed by atoms with E-state index in [1.165, 1.54) is 4.90 Å². The van der Waals surface area contributed by atoms with Crippen LogP contribution in [0.3, 0.4) is 0 Å². The van der Waals surface area contributed by atoms with Crippen molar-refractivity contribution < 1.29 is 14.7 Å². The summed E-state index contributed by atoms with van der Waals surface area (Å²) in [4.78, 5) is 24.6. The van der Waals surface area contributed by atoms with Gasteiger partial charge in [-0.1, -0.05) is 12.1 Å². The molecule has 1 amide bonds. The van der Waals surface area contributed by atoms with Crippen LogP contribution < -0.4 is 5.73 Å². The van der Waals surface area contributed by atoms with Gasteiger partial charge in [-0.15, -0.1) is 0 Å². The summed E-state index contributed by atoms with van der Waals surface area (Å²) in [5.41, 5.74) is 6.34. The first-order chi connectivity index (χ1) is 8.75. The molecule has 3 N–H and O–H groups in total. The normalized spacial score (nSPS) is 11.2. The Morgan fingerprint density at radius 3 is 2.11 bits per heavy atom.